The summed E-state index contributed by atoms with van der Waals surface area (Å²) < 4.78 is 43.7. The predicted molar refractivity (Wildman–Crippen MR) is 328 cm³/mol. The summed E-state index contributed by atoms with van der Waals surface area (Å²) >= 11 is 12.9. The summed E-state index contributed by atoms with van der Waals surface area (Å²) in [4.78, 5) is 102. The minimum atomic E-state index is -4.06. The number of aromatic nitrogens is 4. The van der Waals surface area contributed by atoms with Gasteiger partial charge < -0.3 is 34.2 Å². The summed E-state index contributed by atoms with van der Waals surface area (Å²) in [6.45, 7) is 14.2. The van der Waals surface area contributed by atoms with Crippen LogP contribution in [0.5, 0.6) is 0 Å². The highest BCUT2D eigenvalue weighted by atomic mass is 35.5. The molecular weight excluding hydrogens is 1160 g/mol. The second-order valence-corrected chi connectivity index (χ2v) is 27.5. The maximum Gasteiger partial charge on any atom is 0.304 e. The van der Waals surface area contributed by atoms with E-state index in [1.54, 1.807) is 52.6 Å². The van der Waals surface area contributed by atoms with E-state index in [9.17, 15) is 37.5 Å². The SMILES string of the molecule is CC(=O)c1c(C)c2cnc(Cc3ccc(N4CCN(C(=O)CCOCCOCCC(=O)N5CCN(S(=O)(=O)C[C@@H](N6C(=O)[C@@](C)(CC(=O)O)C[C@H](c7cccc(Cl)c7)[C@H]6c6ccc(Cl)cc6)C(C)(C)C)CC5)CC4)cn3)nc2n(C2CCCC2)c1=O. The van der Waals surface area contributed by atoms with Crippen molar-refractivity contribution in [2.24, 2.45) is 10.8 Å². The highest BCUT2D eigenvalue weighted by Gasteiger charge is 2.55. The monoisotopic (exact) mass is 1240 g/mol. The molecule has 462 valence electrons. The zero-order valence-electron chi connectivity index (χ0n) is 50.0. The number of sulfonamides is 1. The number of aliphatic carboxylic acids is 1. The van der Waals surface area contributed by atoms with Crippen LogP contribution < -0.4 is 10.5 Å². The summed E-state index contributed by atoms with van der Waals surface area (Å²) in [5.41, 5.74) is 2.13. The van der Waals surface area contributed by atoms with Gasteiger partial charge in [-0.25, -0.2) is 18.4 Å². The van der Waals surface area contributed by atoms with Gasteiger partial charge in [-0.2, -0.15) is 4.31 Å². The quantitative estimate of drug-likeness (QED) is 0.0507. The summed E-state index contributed by atoms with van der Waals surface area (Å²) in [7, 11) is -4.06. The minimum absolute atomic E-state index is 0.00324. The van der Waals surface area contributed by atoms with Crippen LogP contribution in [0.1, 0.15) is 143 Å². The van der Waals surface area contributed by atoms with Crippen molar-refractivity contribution in [3.05, 3.63) is 127 Å². The molecule has 4 atom stereocenters. The van der Waals surface area contributed by atoms with E-state index in [0.29, 0.717) is 65.1 Å². The van der Waals surface area contributed by atoms with Crippen molar-refractivity contribution in [1.29, 1.82) is 0 Å². The number of likely N-dealkylation sites (tertiary alicyclic amines) is 1. The smallest absolute Gasteiger partial charge is 0.304 e. The highest BCUT2D eigenvalue weighted by Crippen LogP contribution is 2.53. The second-order valence-electron chi connectivity index (χ2n) is 24.6. The lowest BCUT2D eigenvalue weighted by Crippen LogP contribution is -2.61. The zero-order chi connectivity index (χ0) is 61.7. The number of carbonyl (C=O) groups excluding carboxylic acids is 4. The van der Waals surface area contributed by atoms with Gasteiger partial charge in [0.2, 0.25) is 27.7 Å². The predicted octanol–water partition coefficient (Wildman–Crippen LogP) is 8.30. The van der Waals surface area contributed by atoms with Gasteiger partial charge in [-0.15, -0.1) is 0 Å². The van der Waals surface area contributed by atoms with Crippen molar-refractivity contribution in [2.45, 2.75) is 123 Å². The third-order valence-electron chi connectivity index (χ3n) is 17.6. The number of carbonyl (C=O) groups is 5. The number of Topliss-reactive ketones (excluding diaryl/α,β-unsaturated/α-hetero) is 1. The van der Waals surface area contributed by atoms with Crippen molar-refractivity contribution in [3.8, 4) is 0 Å². The molecule has 20 nitrogen and oxygen atoms in total. The number of rotatable bonds is 22. The summed E-state index contributed by atoms with van der Waals surface area (Å²) in [6, 6.07) is 16.7. The molecule has 86 heavy (non-hydrogen) atoms. The fraction of sp³-hybridized carbons (Fsp3) is 0.540. The molecule has 23 heteroatoms. The first-order chi connectivity index (χ1) is 40.9. The Labute approximate surface area is 513 Å². The van der Waals surface area contributed by atoms with Crippen LogP contribution in [-0.2, 0) is 45.1 Å². The van der Waals surface area contributed by atoms with Gasteiger partial charge in [-0.1, -0.05) is 88.0 Å². The lowest BCUT2D eigenvalue weighted by Gasteiger charge is -2.54. The highest BCUT2D eigenvalue weighted by molar-refractivity contribution is 7.89. The molecule has 2 aromatic carbocycles. The van der Waals surface area contributed by atoms with Gasteiger partial charge in [0.15, 0.2) is 5.78 Å². The van der Waals surface area contributed by atoms with E-state index in [-0.39, 0.29) is 107 Å². The van der Waals surface area contributed by atoms with Crippen LogP contribution >= 0.6 is 23.2 Å². The minimum Gasteiger partial charge on any atom is -0.481 e. The molecule has 3 aliphatic heterocycles. The molecule has 6 heterocycles. The van der Waals surface area contributed by atoms with E-state index in [2.05, 4.69) is 9.88 Å². The van der Waals surface area contributed by atoms with Crippen LogP contribution in [0, 0.1) is 17.8 Å². The normalized spacial score (nSPS) is 20.4. The molecule has 0 radical (unpaired) electrons. The first-order valence-corrected chi connectivity index (χ1v) is 32.1. The zero-order valence-corrected chi connectivity index (χ0v) is 52.3. The fourth-order valence-electron chi connectivity index (χ4n) is 12.9. The standard InChI is InChI=1S/C63H79Cl2N9O11S/c1-41-51-39-67-53(68-59(51)73(48-12-7-8-13-48)60(80)57(41)42(2)75)35-47-18-19-49(38-66-47)69-22-24-70(25-23-69)54(76)20-30-84-32-33-85-31-21-55(77)71-26-28-72(29-27-71)86(82,83)40-52(62(3,4)5)74-58(43-14-16-45(64)17-15-43)50(44-10-9-11-46(65)34-44)36-63(6,61(74)81)37-56(78)79/h9-11,14-19,34,38-39,48,50,52,58H,7-8,12-13,20-33,35-37,40H2,1-6H3,(H,78,79)/t50-,52-,58-,63-/m1/s1. The van der Waals surface area contributed by atoms with Gasteiger partial charge in [0.1, 0.15) is 11.5 Å². The Morgan fingerprint density at radius 3 is 1.99 bits per heavy atom. The molecular formula is C63H79Cl2N9O11S. The molecule has 3 amide bonds. The van der Waals surface area contributed by atoms with Gasteiger partial charge in [-0.3, -0.25) is 38.3 Å². The first kappa shape index (κ1) is 64.1. The van der Waals surface area contributed by atoms with E-state index >= 15 is 4.79 Å². The number of ether oxygens (including phenoxy) is 2. The lowest BCUT2D eigenvalue weighted by molar-refractivity contribution is -0.162. The molecule has 1 N–H and O–H groups in total. The number of carboxylic acids is 1. The number of anilines is 1. The lowest BCUT2D eigenvalue weighted by atomic mass is 9.66. The summed E-state index contributed by atoms with van der Waals surface area (Å²) in [5, 5.41) is 11.8. The Bertz CT molecular complexity index is 3470. The number of pyridine rings is 2. The number of amides is 3. The van der Waals surface area contributed by atoms with Crippen molar-refractivity contribution >= 4 is 79.4 Å². The van der Waals surface area contributed by atoms with Crippen molar-refractivity contribution < 1.29 is 47.0 Å². The van der Waals surface area contributed by atoms with E-state index in [4.69, 9.17) is 42.6 Å². The third-order valence-corrected chi connectivity index (χ3v) is 19.9. The van der Waals surface area contributed by atoms with Gasteiger partial charge in [-0.05, 0) is 91.6 Å². The molecule has 0 spiro atoms. The molecule has 0 unspecified atom stereocenters. The number of piperidine rings is 1. The largest absolute Gasteiger partial charge is 0.481 e. The van der Waals surface area contributed by atoms with Gasteiger partial charge >= 0.3 is 5.97 Å². The Balaban J connectivity index is 0.699. The van der Waals surface area contributed by atoms with Gasteiger partial charge in [0.05, 0.1) is 92.8 Å². The summed E-state index contributed by atoms with van der Waals surface area (Å²) in [5.74, 6) is -2.38. The van der Waals surface area contributed by atoms with Crippen LogP contribution in [0.25, 0.3) is 11.0 Å². The average molecular weight is 1240 g/mol. The number of nitrogens with zero attached hydrogens (tertiary/aromatic N) is 9. The van der Waals surface area contributed by atoms with Crippen LogP contribution in [0.2, 0.25) is 10.0 Å². The number of piperazine rings is 2. The molecule has 3 saturated heterocycles. The second kappa shape index (κ2) is 27.4. The molecule has 3 aromatic heterocycles. The van der Waals surface area contributed by atoms with Crippen molar-refractivity contribution in [3.63, 3.8) is 0 Å². The molecule has 4 aliphatic rings. The van der Waals surface area contributed by atoms with Gasteiger partial charge in [0, 0.05) is 91.6 Å². The Morgan fingerprint density at radius 2 is 1.42 bits per heavy atom. The molecule has 5 aromatic rings. The number of benzene rings is 2. The maximum atomic E-state index is 15.1. The third kappa shape index (κ3) is 14.8. The molecule has 1 saturated carbocycles. The molecule has 4 fully saturated rings. The van der Waals surface area contributed by atoms with Crippen LogP contribution in [0.15, 0.2) is 77.9 Å². The number of ketones is 1. The number of hydrogen-bond donors (Lipinski definition) is 1. The Kier molecular flexibility index (Phi) is 20.4. The van der Waals surface area contributed by atoms with Crippen molar-refractivity contribution in [2.75, 3.05) is 89.4 Å². The Hall–Kier alpha value is -6.36. The number of aryl methyl sites for hydroxylation is 1. The number of halogens is 2. The number of fused-ring (bicyclic) bond motifs is 1. The van der Waals surface area contributed by atoms with E-state index in [1.165, 1.54) is 11.2 Å². The van der Waals surface area contributed by atoms with E-state index in [0.717, 1.165) is 48.2 Å². The fourth-order valence-corrected chi connectivity index (χ4v) is 15.2. The van der Waals surface area contributed by atoms with Crippen LogP contribution in [-0.4, -0.2) is 172 Å². The number of carboxylic acid groups (broad SMARTS) is 1. The van der Waals surface area contributed by atoms with Crippen molar-refractivity contribution in [1.82, 2.24) is 38.5 Å². The van der Waals surface area contributed by atoms with Crippen LogP contribution in [0.3, 0.4) is 0 Å². The summed E-state index contributed by atoms with van der Waals surface area (Å²) in [6.07, 6.45) is 7.72. The van der Waals surface area contributed by atoms with E-state index < -0.39 is 62.9 Å². The maximum absolute atomic E-state index is 15.1. The first-order valence-electron chi connectivity index (χ1n) is 29.8. The topological polar surface area (TPSA) is 235 Å². The van der Waals surface area contributed by atoms with E-state index in [1.807, 2.05) is 74.3 Å². The molecule has 0 bridgehead atoms. The molecule has 1 aliphatic carbocycles. The van der Waals surface area contributed by atoms with Crippen LogP contribution in [0.4, 0.5) is 5.69 Å². The number of hydrogen-bond acceptors (Lipinski definition) is 14. The van der Waals surface area contributed by atoms with Gasteiger partial charge in [0.25, 0.3) is 5.56 Å². The molecule has 9 rings (SSSR count). The average Bonchev–Trinajstić information content (AvgIpc) is 1.04. The Morgan fingerprint density at radius 1 is 0.791 bits per heavy atom.